The lowest BCUT2D eigenvalue weighted by molar-refractivity contribution is -0.123. The second-order valence-electron chi connectivity index (χ2n) is 7.34. The summed E-state index contributed by atoms with van der Waals surface area (Å²) in [6.07, 6.45) is 0.736. The summed E-state index contributed by atoms with van der Waals surface area (Å²) in [5.74, 6) is -1.29. The van der Waals surface area contributed by atoms with E-state index in [0.717, 1.165) is 16.3 Å². The zero-order valence-corrected chi connectivity index (χ0v) is 17.4. The highest BCUT2D eigenvalue weighted by Gasteiger charge is 2.50. The Kier molecular flexibility index (Phi) is 5.25. The Morgan fingerprint density at radius 2 is 1.89 bits per heavy atom. The van der Waals surface area contributed by atoms with Gasteiger partial charge in [0.25, 0.3) is 5.91 Å². The van der Waals surface area contributed by atoms with Crippen molar-refractivity contribution >= 4 is 44.8 Å². The normalized spacial score (nSPS) is 17.6. The molecule has 8 heteroatoms. The van der Waals surface area contributed by atoms with Gasteiger partial charge in [-0.3, -0.25) is 9.59 Å². The van der Waals surface area contributed by atoms with Gasteiger partial charge in [0, 0.05) is 5.69 Å². The van der Waals surface area contributed by atoms with Crippen LogP contribution in [0.4, 0.5) is 11.4 Å². The smallest absolute Gasteiger partial charge is 0.257 e. The number of carbonyl (C=O) groups excluding carboxylic acids is 2. The predicted molar refractivity (Wildman–Crippen MR) is 110 cm³/mol. The highest BCUT2D eigenvalue weighted by molar-refractivity contribution is 7.94. The van der Waals surface area contributed by atoms with E-state index < -0.39 is 27.3 Å². The standard InChI is InChI=1S/C20H21ClN2O4S/c1-4-13-7-5-6-8-17(13)22-18(24)15-11-14(9-10-16(15)21)23-19(25)20(2,3)12-28(23,26)27/h5-11H,4,12H2,1-3H3,(H,22,24). The predicted octanol–water partition coefficient (Wildman–Crippen LogP) is 3.86. The van der Waals surface area contributed by atoms with Crippen LogP contribution in [-0.2, 0) is 21.2 Å². The van der Waals surface area contributed by atoms with Crippen LogP contribution in [-0.4, -0.2) is 26.0 Å². The summed E-state index contributed by atoms with van der Waals surface area (Å²) in [5.41, 5.74) is 0.789. The molecule has 0 atom stereocenters. The highest BCUT2D eigenvalue weighted by atomic mass is 35.5. The lowest BCUT2D eigenvalue weighted by Crippen LogP contribution is -2.33. The van der Waals surface area contributed by atoms with E-state index >= 15 is 0 Å². The van der Waals surface area contributed by atoms with Gasteiger partial charge in [0.2, 0.25) is 15.9 Å². The van der Waals surface area contributed by atoms with Crippen LogP contribution in [0, 0.1) is 5.41 Å². The Hall–Kier alpha value is -2.38. The van der Waals surface area contributed by atoms with Gasteiger partial charge >= 0.3 is 0 Å². The number of nitrogens with zero attached hydrogens (tertiary/aromatic N) is 1. The molecule has 2 aromatic rings. The first kappa shape index (κ1) is 20.4. The van der Waals surface area contributed by atoms with Crippen molar-refractivity contribution in [3.63, 3.8) is 0 Å². The molecule has 0 saturated carbocycles. The van der Waals surface area contributed by atoms with Gasteiger partial charge in [-0.2, -0.15) is 0 Å². The average Bonchev–Trinajstić information content (AvgIpc) is 2.79. The minimum atomic E-state index is -3.81. The van der Waals surface area contributed by atoms with Gasteiger partial charge in [0.05, 0.1) is 27.4 Å². The first-order valence-electron chi connectivity index (χ1n) is 8.83. The summed E-state index contributed by atoms with van der Waals surface area (Å²) in [6.45, 7) is 5.14. The van der Waals surface area contributed by atoms with E-state index in [1.54, 1.807) is 19.9 Å². The molecular weight excluding hydrogens is 400 g/mol. The highest BCUT2D eigenvalue weighted by Crippen LogP contribution is 2.37. The minimum Gasteiger partial charge on any atom is -0.322 e. The summed E-state index contributed by atoms with van der Waals surface area (Å²) >= 11 is 6.19. The summed E-state index contributed by atoms with van der Waals surface area (Å²) < 4.78 is 25.8. The molecule has 6 nitrogen and oxygen atoms in total. The molecule has 2 aromatic carbocycles. The molecular formula is C20H21ClN2O4S. The van der Waals surface area contributed by atoms with Crippen molar-refractivity contribution in [2.75, 3.05) is 15.4 Å². The third-order valence-corrected chi connectivity index (χ3v) is 7.01. The Morgan fingerprint density at radius 1 is 1.21 bits per heavy atom. The van der Waals surface area contributed by atoms with Crippen LogP contribution < -0.4 is 9.62 Å². The van der Waals surface area contributed by atoms with Crippen LogP contribution in [0.25, 0.3) is 0 Å². The fourth-order valence-electron chi connectivity index (χ4n) is 3.22. The Balaban J connectivity index is 1.98. The molecule has 3 rings (SSSR count). The SMILES string of the molecule is CCc1ccccc1NC(=O)c1cc(N2C(=O)C(C)(C)CS2(=O)=O)ccc1Cl. The van der Waals surface area contributed by atoms with E-state index in [4.69, 9.17) is 11.6 Å². The summed E-state index contributed by atoms with van der Waals surface area (Å²) in [4.78, 5) is 25.4. The molecule has 0 aromatic heterocycles. The van der Waals surface area contributed by atoms with Crippen molar-refractivity contribution in [3.05, 3.63) is 58.6 Å². The van der Waals surface area contributed by atoms with E-state index in [9.17, 15) is 18.0 Å². The van der Waals surface area contributed by atoms with Gasteiger partial charge in [0.15, 0.2) is 0 Å². The first-order valence-corrected chi connectivity index (χ1v) is 10.8. The second-order valence-corrected chi connectivity index (χ2v) is 9.56. The van der Waals surface area contributed by atoms with Gasteiger partial charge in [-0.15, -0.1) is 0 Å². The number of hydrogen-bond acceptors (Lipinski definition) is 4. The fraction of sp³-hybridized carbons (Fsp3) is 0.300. The van der Waals surface area contributed by atoms with E-state index in [0.29, 0.717) is 5.69 Å². The molecule has 1 N–H and O–H groups in total. The van der Waals surface area contributed by atoms with Crippen LogP contribution in [0.2, 0.25) is 5.02 Å². The number of para-hydroxylation sites is 1. The van der Waals surface area contributed by atoms with Gasteiger partial charge < -0.3 is 5.32 Å². The third kappa shape index (κ3) is 3.64. The van der Waals surface area contributed by atoms with Crippen molar-refractivity contribution in [2.24, 2.45) is 5.41 Å². The number of anilines is 2. The number of carbonyl (C=O) groups is 2. The number of rotatable bonds is 4. The molecule has 1 aliphatic rings. The van der Waals surface area contributed by atoms with Crippen molar-refractivity contribution < 1.29 is 18.0 Å². The Labute approximate surface area is 169 Å². The maximum atomic E-state index is 12.8. The van der Waals surface area contributed by atoms with Gasteiger partial charge in [0.1, 0.15) is 0 Å². The van der Waals surface area contributed by atoms with Crippen LogP contribution in [0.15, 0.2) is 42.5 Å². The second kappa shape index (κ2) is 7.22. The zero-order chi connectivity index (χ0) is 20.7. The van der Waals surface area contributed by atoms with Crippen LogP contribution in [0.3, 0.4) is 0 Å². The van der Waals surface area contributed by atoms with Crippen LogP contribution >= 0.6 is 11.6 Å². The summed E-state index contributed by atoms with van der Waals surface area (Å²) in [5, 5.41) is 2.97. The van der Waals surface area contributed by atoms with Gasteiger partial charge in [-0.25, -0.2) is 12.7 Å². The van der Waals surface area contributed by atoms with Crippen LogP contribution in [0.1, 0.15) is 36.7 Å². The van der Waals surface area contributed by atoms with E-state index in [2.05, 4.69) is 5.32 Å². The minimum absolute atomic E-state index is 0.0952. The molecule has 148 valence electrons. The molecule has 0 radical (unpaired) electrons. The molecule has 0 bridgehead atoms. The summed E-state index contributed by atoms with van der Waals surface area (Å²) in [7, 11) is -3.81. The third-order valence-electron chi connectivity index (χ3n) is 4.66. The van der Waals surface area contributed by atoms with Gasteiger partial charge in [-0.1, -0.05) is 36.7 Å². The van der Waals surface area contributed by atoms with Crippen molar-refractivity contribution in [2.45, 2.75) is 27.2 Å². The van der Waals surface area contributed by atoms with Crippen molar-refractivity contribution in [3.8, 4) is 0 Å². The zero-order valence-electron chi connectivity index (χ0n) is 15.8. The molecule has 0 unspecified atom stereocenters. The molecule has 1 heterocycles. The quantitative estimate of drug-likeness (QED) is 0.814. The van der Waals surface area contributed by atoms with Crippen molar-refractivity contribution in [1.82, 2.24) is 0 Å². The van der Waals surface area contributed by atoms with Crippen LogP contribution in [0.5, 0.6) is 0 Å². The molecule has 1 fully saturated rings. The average molecular weight is 421 g/mol. The number of benzene rings is 2. The maximum Gasteiger partial charge on any atom is 0.257 e. The molecule has 1 aliphatic heterocycles. The molecule has 28 heavy (non-hydrogen) atoms. The number of nitrogens with one attached hydrogen (secondary N) is 1. The van der Waals surface area contributed by atoms with E-state index in [1.165, 1.54) is 18.2 Å². The number of sulfonamides is 1. The molecule has 0 spiro atoms. The molecule has 1 saturated heterocycles. The number of amides is 2. The first-order chi connectivity index (χ1) is 13.1. The fourth-order valence-corrected chi connectivity index (χ4v) is 5.52. The lowest BCUT2D eigenvalue weighted by Gasteiger charge is -2.18. The molecule has 0 aliphatic carbocycles. The summed E-state index contributed by atoms with van der Waals surface area (Å²) in [6, 6.07) is 11.6. The van der Waals surface area contributed by atoms with E-state index in [1.807, 2.05) is 25.1 Å². The topological polar surface area (TPSA) is 83.6 Å². The Bertz CT molecular complexity index is 1060. The Morgan fingerprint density at radius 3 is 2.50 bits per heavy atom. The maximum absolute atomic E-state index is 12.8. The monoisotopic (exact) mass is 420 g/mol. The van der Waals surface area contributed by atoms with Crippen molar-refractivity contribution in [1.29, 1.82) is 0 Å². The number of aryl methyl sites for hydroxylation is 1. The largest absolute Gasteiger partial charge is 0.322 e. The van der Waals surface area contributed by atoms with E-state index in [-0.39, 0.29) is 22.0 Å². The molecule has 2 amide bonds. The number of hydrogen-bond donors (Lipinski definition) is 1. The van der Waals surface area contributed by atoms with Gasteiger partial charge in [-0.05, 0) is 50.1 Å². The number of halogens is 1. The lowest BCUT2D eigenvalue weighted by atomic mass is 9.95.